The van der Waals surface area contributed by atoms with Crippen molar-refractivity contribution in [3.8, 4) is 0 Å². The highest BCUT2D eigenvalue weighted by molar-refractivity contribution is 5.60. The van der Waals surface area contributed by atoms with E-state index in [0.717, 1.165) is 17.1 Å². The average molecular weight is 241 g/mol. The molecule has 0 aliphatic heterocycles. The van der Waals surface area contributed by atoms with Crippen LogP contribution in [0.25, 0.3) is 0 Å². The first-order valence-electron chi connectivity index (χ1n) is 6.10. The Kier molecular flexibility index (Phi) is 3.63. The Bertz CT molecular complexity index is 535. The van der Waals surface area contributed by atoms with Crippen molar-refractivity contribution in [1.29, 1.82) is 0 Å². The Balaban J connectivity index is 2.33. The van der Waals surface area contributed by atoms with Crippen LogP contribution in [0.2, 0.25) is 0 Å². The number of aromatic nitrogens is 1. The minimum atomic E-state index is 0.0256. The van der Waals surface area contributed by atoms with Gasteiger partial charge in [0.15, 0.2) is 0 Å². The number of nitrogens with two attached hydrogens (primary N) is 1. The molecule has 0 aliphatic carbocycles. The fourth-order valence-electron chi connectivity index (χ4n) is 1.87. The molecule has 1 aromatic heterocycles. The van der Waals surface area contributed by atoms with Crippen LogP contribution in [0.1, 0.15) is 24.1 Å². The largest absolute Gasteiger partial charge is 0.329 e. The van der Waals surface area contributed by atoms with E-state index >= 15 is 0 Å². The van der Waals surface area contributed by atoms with Gasteiger partial charge in [0, 0.05) is 25.0 Å². The molecule has 1 aromatic carbocycles. The van der Waals surface area contributed by atoms with Gasteiger partial charge in [-0.05, 0) is 49.2 Å². The van der Waals surface area contributed by atoms with Crippen LogP contribution in [0.3, 0.4) is 0 Å². The molecule has 94 valence electrons. The van der Waals surface area contributed by atoms with Crippen molar-refractivity contribution in [3.63, 3.8) is 0 Å². The molecule has 0 spiro atoms. The number of hydrogen-bond donors (Lipinski definition) is 1. The van der Waals surface area contributed by atoms with E-state index in [2.05, 4.69) is 41.1 Å². The molecule has 0 aliphatic rings. The molecule has 0 radical (unpaired) electrons. The van der Waals surface area contributed by atoms with Crippen molar-refractivity contribution in [2.45, 2.75) is 19.9 Å². The van der Waals surface area contributed by atoms with Crippen LogP contribution >= 0.6 is 0 Å². The average Bonchev–Trinajstić information content (AvgIpc) is 2.38. The van der Waals surface area contributed by atoms with Gasteiger partial charge in [-0.3, -0.25) is 0 Å². The van der Waals surface area contributed by atoms with Gasteiger partial charge in [0.2, 0.25) is 0 Å². The molecule has 0 saturated carbocycles. The van der Waals surface area contributed by atoms with Gasteiger partial charge in [0.1, 0.15) is 5.82 Å². The topological polar surface area (TPSA) is 42.1 Å². The molecule has 18 heavy (non-hydrogen) atoms. The fourth-order valence-corrected chi connectivity index (χ4v) is 1.87. The number of pyridine rings is 1. The SMILES string of the molecule is Cc1cccc(N(C)c2cc([C@@H](C)N)ccn2)c1. The smallest absolute Gasteiger partial charge is 0.132 e. The van der Waals surface area contributed by atoms with Gasteiger partial charge in [0.25, 0.3) is 0 Å². The van der Waals surface area contributed by atoms with E-state index in [1.54, 1.807) is 6.20 Å². The zero-order valence-corrected chi connectivity index (χ0v) is 11.1. The van der Waals surface area contributed by atoms with Crippen molar-refractivity contribution in [2.75, 3.05) is 11.9 Å². The summed E-state index contributed by atoms with van der Waals surface area (Å²) < 4.78 is 0. The van der Waals surface area contributed by atoms with Crippen LogP contribution < -0.4 is 10.6 Å². The summed E-state index contributed by atoms with van der Waals surface area (Å²) >= 11 is 0. The van der Waals surface area contributed by atoms with E-state index < -0.39 is 0 Å². The number of hydrogen-bond acceptors (Lipinski definition) is 3. The highest BCUT2D eigenvalue weighted by atomic mass is 15.2. The van der Waals surface area contributed by atoms with Gasteiger partial charge in [0.05, 0.1) is 0 Å². The fraction of sp³-hybridized carbons (Fsp3) is 0.267. The van der Waals surface area contributed by atoms with Crippen LogP contribution in [-0.2, 0) is 0 Å². The Morgan fingerprint density at radius 2 is 2.00 bits per heavy atom. The summed E-state index contributed by atoms with van der Waals surface area (Å²) in [5.74, 6) is 0.912. The molecular formula is C15H19N3. The van der Waals surface area contributed by atoms with Gasteiger partial charge in [-0.2, -0.15) is 0 Å². The highest BCUT2D eigenvalue weighted by Gasteiger charge is 2.07. The number of anilines is 2. The predicted octanol–water partition coefficient (Wildman–Crippen LogP) is 3.18. The monoisotopic (exact) mass is 241 g/mol. The van der Waals surface area contributed by atoms with Crippen LogP contribution in [0, 0.1) is 6.92 Å². The lowest BCUT2D eigenvalue weighted by Crippen LogP contribution is -2.13. The summed E-state index contributed by atoms with van der Waals surface area (Å²) in [6, 6.07) is 12.4. The van der Waals surface area contributed by atoms with E-state index in [1.165, 1.54) is 5.56 Å². The summed E-state index contributed by atoms with van der Waals surface area (Å²) in [5.41, 5.74) is 9.36. The maximum atomic E-state index is 5.90. The lowest BCUT2D eigenvalue weighted by Gasteiger charge is -2.20. The van der Waals surface area contributed by atoms with Gasteiger partial charge >= 0.3 is 0 Å². The van der Waals surface area contributed by atoms with Gasteiger partial charge in [-0.15, -0.1) is 0 Å². The molecule has 0 amide bonds. The van der Waals surface area contributed by atoms with Crippen LogP contribution in [0.4, 0.5) is 11.5 Å². The molecule has 0 unspecified atom stereocenters. The molecule has 1 heterocycles. The number of nitrogens with zero attached hydrogens (tertiary/aromatic N) is 2. The molecule has 3 nitrogen and oxygen atoms in total. The van der Waals surface area contributed by atoms with Crippen molar-refractivity contribution in [1.82, 2.24) is 4.98 Å². The first-order chi connectivity index (χ1) is 8.58. The van der Waals surface area contributed by atoms with E-state index in [1.807, 2.05) is 26.1 Å². The van der Waals surface area contributed by atoms with Crippen molar-refractivity contribution < 1.29 is 0 Å². The Morgan fingerprint density at radius 3 is 2.67 bits per heavy atom. The Labute approximate surface area is 108 Å². The first kappa shape index (κ1) is 12.6. The summed E-state index contributed by atoms with van der Waals surface area (Å²) in [6.07, 6.45) is 1.81. The maximum Gasteiger partial charge on any atom is 0.132 e. The molecule has 3 heteroatoms. The minimum Gasteiger partial charge on any atom is -0.329 e. The zero-order chi connectivity index (χ0) is 13.1. The van der Waals surface area contributed by atoms with Crippen LogP contribution in [0.15, 0.2) is 42.6 Å². The van der Waals surface area contributed by atoms with Gasteiger partial charge < -0.3 is 10.6 Å². The summed E-state index contributed by atoms with van der Waals surface area (Å²) in [7, 11) is 2.02. The van der Waals surface area contributed by atoms with Crippen molar-refractivity contribution in [3.05, 3.63) is 53.7 Å². The molecule has 2 N–H and O–H groups in total. The second kappa shape index (κ2) is 5.19. The molecular weight excluding hydrogens is 222 g/mol. The zero-order valence-electron chi connectivity index (χ0n) is 11.1. The minimum absolute atomic E-state index is 0.0256. The van der Waals surface area contributed by atoms with E-state index in [4.69, 9.17) is 5.73 Å². The second-order valence-corrected chi connectivity index (χ2v) is 4.63. The third-order valence-electron chi connectivity index (χ3n) is 3.03. The molecule has 0 saturated heterocycles. The summed E-state index contributed by atoms with van der Waals surface area (Å²) in [5, 5.41) is 0. The molecule has 2 rings (SSSR count). The molecule has 0 bridgehead atoms. The Morgan fingerprint density at radius 1 is 1.22 bits per heavy atom. The Hall–Kier alpha value is -1.87. The second-order valence-electron chi connectivity index (χ2n) is 4.63. The number of benzene rings is 1. The third kappa shape index (κ3) is 2.68. The standard InChI is InChI=1S/C15H19N3/c1-11-5-4-6-14(9-11)18(3)15-10-13(12(2)16)7-8-17-15/h4-10,12H,16H2,1-3H3/t12-/m1/s1. The molecule has 1 atom stereocenters. The van der Waals surface area contributed by atoms with Gasteiger partial charge in [-0.1, -0.05) is 12.1 Å². The summed E-state index contributed by atoms with van der Waals surface area (Å²) in [6.45, 7) is 4.06. The van der Waals surface area contributed by atoms with E-state index in [0.29, 0.717) is 0 Å². The van der Waals surface area contributed by atoms with Crippen molar-refractivity contribution >= 4 is 11.5 Å². The molecule has 2 aromatic rings. The number of aryl methyl sites for hydroxylation is 1. The van der Waals surface area contributed by atoms with Crippen molar-refractivity contribution in [2.24, 2.45) is 5.73 Å². The first-order valence-corrected chi connectivity index (χ1v) is 6.10. The van der Waals surface area contributed by atoms with Gasteiger partial charge in [-0.25, -0.2) is 4.98 Å². The predicted molar refractivity (Wildman–Crippen MR) is 76.1 cm³/mol. The lowest BCUT2D eigenvalue weighted by molar-refractivity contribution is 0.814. The van der Waals surface area contributed by atoms with E-state index in [9.17, 15) is 0 Å². The lowest BCUT2D eigenvalue weighted by atomic mass is 10.1. The quantitative estimate of drug-likeness (QED) is 0.897. The number of rotatable bonds is 3. The molecule has 0 fully saturated rings. The summed E-state index contributed by atoms with van der Waals surface area (Å²) in [4.78, 5) is 6.47. The third-order valence-corrected chi connectivity index (χ3v) is 3.03. The normalized spacial score (nSPS) is 12.2. The van der Waals surface area contributed by atoms with Crippen LogP contribution in [0.5, 0.6) is 0 Å². The van der Waals surface area contributed by atoms with E-state index in [-0.39, 0.29) is 6.04 Å². The van der Waals surface area contributed by atoms with Crippen LogP contribution in [-0.4, -0.2) is 12.0 Å². The maximum absolute atomic E-state index is 5.90. The highest BCUT2D eigenvalue weighted by Crippen LogP contribution is 2.24.